The Morgan fingerprint density at radius 1 is 1.09 bits per heavy atom. The van der Waals surface area contributed by atoms with Gasteiger partial charge in [0, 0.05) is 6.54 Å². The van der Waals surface area contributed by atoms with Gasteiger partial charge in [0.25, 0.3) is 5.91 Å². The lowest BCUT2D eigenvalue weighted by atomic mass is 10.1. The molecule has 1 aliphatic heterocycles. The zero-order valence-electron chi connectivity index (χ0n) is 17.3. The Bertz CT molecular complexity index is 850. The van der Waals surface area contributed by atoms with Crippen molar-refractivity contribution in [3.8, 4) is 0 Å². The molecule has 13 heteroatoms. The van der Waals surface area contributed by atoms with Crippen molar-refractivity contribution in [2.45, 2.75) is 57.6 Å². The highest BCUT2D eigenvalue weighted by Crippen LogP contribution is 2.37. The van der Waals surface area contributed by atoms with Gasteiger partial charge in [0.2, 0.25) is 0 Å². The van der Waals surface area contributed by atoms with E-state index < -0.39 is 52.8 Å². The molecule has 1 N–H and O–H groups in total. The van der Waals surface area contributed by atoms with Crippen LogP contribution >= 0.6 is 12.2 Å². The van der Waals surface area contributed by atoms with Crippen LogP contribution < -0.4 is 5.43 Å². The van der Waals surface area contributed by atoms with Gasteiger partial charge in [-0.05, 0) is 51.8 Å². The van der Waals surface area contributed by atoms with E-state index >= 15 is 0 Å². The minimum Gasteiger partial charge on any atom is -0.444 e. The molecule has 32 heavy (non-hydrogen) atoms. The number of hydrogen-bond donors (Lipinski definition) is 1. The van der Waals surface area contributed by atoms with Crippen LogP contribution in [0.5, 0.6) is 0 Å². The van der Waals surface area contributed by atoms with Crippen LogP contribution in [0.25, 0.3) is 0 Å². The number of alkyl halides is 6. The van der Waals surface area contributed by atoms with Crippen molar-refractivity contribution in [2.75, 3.05) is 12.0 Å². The number of anilines is 1. The second-order valence-corrected chi connectivity index (χ2v) is 8.26. The van der Waals surface area contributed by atoms with Gasteiger partial charge < -0.3 is 4.74 Å². The number of carbonyl (C=O) groups excluding carboxylic acids is 2. The first kappa shape index (κ1) is 25.7. The Hall–Kier alpha value is -2.57. The molecule has 1 aromatic rings. The number of ether oxygens (including phenoxy) is 1. The van der Waals surface area contributed by atoms with E-state index in [0.29, 0.717) is 23.6 Å². The monoisotopic (exact) mass is 485 g/mol. The number of halogens is 6. The molecule has 0 spiro atoms. The second-order valence-electron chi connectivity index (χ2n) is 8.05. The lowest BCUT2D eigenvalue weighted by Crippen LogP contribution is -2.50. The van der Waals surface area contributed by atoms with Gasteiger partial charge in [0.15, 0.2) is 0 Å². The summed E-state index contributed by atoms with van der Waals surface area (Å²) in [6.07, 6.45) is -10.2. The number of benzene rings is 1. The molecule has 1 heterocycles. The molecule has 6 nitrogen and oxygen atoms in total. The van der Waals surface area contributed by atoms with Crippen LogP contribution in [0.3, 0.4) is 0 Å². The third-order valence-corrected chi connectivity index (χ3v) is 4.56. The third kappa shape index (κ3) is 6.47. The first-order chi connectivity index (χ1) is 14.5. The Balaban J connectivity index is 2.30. The maximum atomic E-state index is 13.1. The number of nitrogens with one attached hydrogen (secondary N) is 1. The number of nitrogens with zero attached hydrogens (tertiary/aromatic N) is 2. The van der Waals surface area contributed by atoms with Gasteiger partial charge in [0.05, 0.1) is 22.3 Å². The molecule has 1 aromatic carbocycles. The SMILES string of the molecule is CC(C)(C)OC(=O)N1CCC[C@H]1C(=O)N(C=S)Nc1cc(C(F)(F)F)cc(C(F)(F)F)c1. The Morgan fingerprint density at radius 3 is 2.06 bits per heavy atom. The van der Waals surface area contributed by atoms with E-state index in [-0.39, 0.29) is 19.0 Å². The summed E-state index contributed by atoms with van der Waals surface area (Å²) >= 11 is 4.73. The van der Waals surface area contributed by atoms with Crippen molar-refractivity contribution in [3.05, 3.63) is 29.3 Å². The van der Waals surface area contributed by atoms with Crippen LogP contribution in [0, 0.1) is 0 Å². The van der Waals surface area contributed by atoms with Crippen molar-refractivity contribution >= 4 is 35.4 Å². The molecule has 2 rings (SSSR count). The fraction of sp³-hybridized carbons (Fsp3) is 0.526. The summed E-state index contributed by atoms with van der Waals surface area (Å²) in [7, 11) is 0. The first-order valence-corrected chi connectivity index (χ1v) is 9.84. The van der Waals surface area contributed by atoms with Gasteiger partial charge >= 0.3 is 18.4 Å². The molecule has 1 atom stereocenters. The molecule has 0 aliphatic carbocycles. The van der Waals surface area contributed by atoms with Gasteiger partial charge in [-0.15, -0.1) is 0 Å². The van der Waals surface area contributed by atoms with Crippen molar-refractivity contribution in [2.24, 2.45) is 0 Å². The normalized spacial score (nSPS) is 17.2. The highest BCUT2D eigenvalue weighted by Gasteiger charge is 2.40. The number of carbonyl (C=O) groups is 2. The molecule has 0 aromatic heterocycles. The van der Waals surface area contributed by atoms with Gasteiger partial charge in [-0.1, -0.05) is 12.2 Å². The number of likely N-dealkylation sites (tertiary alicyclic amines) is 1. The van der Waals surface area contributed by atoms with Gasteiger partial charge in [-0.25, -0.2) is 9.80 Å². The van der Waals surface area contributed by atoms with E-state index in [2.05, 4.69) is 5.43 Å². The van der Waals surface area contributed by atoms with E-state index in [4.69, 9.17) is 17.0 Å². The molecule has 0 saturated carbocycles. The Kier molecular flexibility index (Phi) is 7.32. The maximum Gasteiger partial charge on any atom is 0.416 e. The van der Waals surface area contributed by atoms with Crippen molar-refractivity contribution in [1.29, 1.82) is 0 Å². The summed E-state index contributed by atoms with van der Waals surface area (Å²) in [4.78, 5) is 26.4. The number of hydrazine groups is 1. The summed E-state index contributed by atoms with van der Waals surface area (Å²) in [5, 5.41) is 0.582. The van der Waals surface area contributed by atoms with Crippen molar-refractivity contribution in [3.63, 3.8) is 0 Å². The fourth-order valence-electron chi connectivity index (χ4n) is 3.02. The van der Waals surface area contributed by atoms with Crippen LogP contribution in [0.4, 0.5) is 36.8 Å². The van der Waals surface area contributed by atoms with E-state index in [1.54, 1.807) is 20.8 Å². The topological polar surface area (TPSA) is 61.9 Å². The van der Waals surface area contributed by atoms with E-state index in [0.717, 1.165) is 10.4 Å². The molecule has 0 radical (unpaired) electrons. The molecule has 1 aliphatic rings. The van der Waals surface area contributed by atoms with Crippen LogP contribution in [0.1, 0.15) is 44.7 Å². The molecular formula is C19H21F6N3O3S. The highest BCUT2D eigenvalue weighted by atomic mass is 32.1. The largest absolute Gasteiger partial charge is 0.444 e. The summed E-state index contributed by atoms with van der Waals surface area (Å²) in [6.45, 7) is 5.09. The van der Waals surface area contributed by atoms with Crippen LogP contribution in [-0.2, 0) is 21.9 Å². The standard InChI is InChI=1S/C19H21F6N3O3S/c1-17(2,3)31-16(30)27-6-4-5-14(27)15(29)28(10-32)26-13-8-11(18(20,21)22)7-12(9-13)19(23,24)25/h7-10,14,26H,4-6H2,1-3H3/t14-/m0/s1. The first-order valence-electron chi connectivity index (χ1n) is 9.37. The Morgan fingerprint density at radius 2 is 1.62 bits per heavy atom. The lowest BCUT2D eigenvalue weighted by Gasteiger charge is -2.30. The minimum absolute atomic E-state index is 0.0318. The maximum absolute atomic E-state index is 13.1. The molecule has 1 saturated heterocycles. The predicted molar refractivity (Wildman–Crippen MR) is 107 cm³/mol. The van der Waals surface area contributed by atoms with Crippen molar-refractivity contribution in [1.82, 2.24) is 9.91 Å². The molecule has 0 bridgehead atoms. The smallest absolute Gasteiger partial charge is 0.416 e. The van der Waals surface area contributed by atoms with Crippen LogP contribution in [0.2, 0.25) is 0 Å². The summed E-state index contributed by atoms with van der Waals surface area (Å²) in [5.74, 6) is -0.825. The summed E-state index contributed by atoms with van der Waals surface area (Å²) in [6, 6.07) is -0.233. The quantitative estimate of drug-likeness (QED) is 0.359. The molecule has 1 fully saturated rings. The number of thiocarbonyl (C=S) groups is 1. The van der Waals surface area contributed by atoms with Gasteiger partial charge in [-0.3, -0.25) is 15.1 Å². The fourth-order valence-corrected chi connectivity index (χ4v) is 3.17. The third-order valence-electron chi connectivity index (χ3n) is 4.35. The summed E-state index contributed by atoms with van der Waals surface area (Å²) < 4.78 is 83.7. The van der Waals surface area contributed by atoms with E-state index in [9.17, 15) is 35.9 Å². The molecule has 2 amide bonds. The average Bonchev–Trinajstić information content (AvgIpc) is 3.12. The molecule has 178 valence electrons. The van der Waals surface area contributed by atoms with Crippen molar-refractivity contribution < 1.29 is 40.7 Å². The average molecular weight is 485 g/mol. The lowest BCUT2D eigenvalue weighted by molar-refractivity contribution is -0.143. The zero-order chi connectivity index (χ0) is 24.5. The zero-order valence-corrected chi connectivity index (χ0v) is 18.1. The molecular weight excluding hydrogens is 464 g/mol. The highest BCUT2D eigenvalue weighted by molar-refractivity contribution is 7.78. The van der Waals surface area contributed by atoms with Gasteiger partial charge in [-0.2, -0.15) is 26.3 Å². The van der Waals surface area contributed by atoms with Gasteiger partial charge in [0.1, 0.15) is 11.6 Å². The number of hydrogen-bond acceptors (Lipinski definition) is 5. The summed E-state index contributed by atoms with van der Waals surface area (Å²) in [5.41, 5.74) is -1.67. The number of rotatable bonds is 4. The second kappa shape index (κ2) is 9.12. The predicted octanol–water partition coefficient (Wildman–Crippen LogP) is 5.24. The van der Waals surface area contributed by atoms with Crippen LogP contribution in [0.15, 0.2) is 18.2 Å². The number of amides is 2. The van der Waals surface area contributed by atoms with E-state index in [1.165, 1.54) is 0 Å². The Labute approximate surface area is 185 Å². The molecule has 0 unspecified atom stereocenters. The van der Waals surface area contributed by atoms with Crippen LogP contribution in [-0.4, -0.2) is 45.6 Å². The minimum atomic E-state index is -5.05. The van der Waals surface area contributed by atoms with E-state index in [1.807, 2.05) is 0 Å².